The van der Waals surface area contributed by atoms with Crippen molar-refractivity contribution in [3.8, 4) is 0 Å². The first-order valence-corrected chi connectivity index (χ1v) is 8.45. The largest absolute Gasteiger partial charge is 0.477 e. The maximum atomic E-state index is 12.0. The van der Waals surface area contributed by atoms with E-state index in [-0.39, 0.29) is 21.5 Å². The van der Waals surface area contributed by atoms with Crippen LogP contribution in [0.3, 0.4) is 0 Å². The summed E-state index contributed by atoms with van der Waals surface area (Å²) in [7, 11) is -3.78. The molecule has 0 amide bonds. The summed E-state index contributed by atoms with van der Waals surface area (Å²) in [6.45, 7) is 5.32. The molecule has 0 aliphatic heterocycles. The van der Waals surface area contributed by atoms with Crippen molar-refractivity contribution in [2.45, 2.75) is 37.5 Å². The van der Waals surface area contributed by atoms with E-state index in [2.05, 4.69) is 4.72 Å². The molecule has 0 bridgehead atoms. The number of carbonyl (C=O) groups is 1. The molecule has 6 nitrogen and oxygen atoms in total. The normalized spacial score (nSPS) is 13.7. The Kier molecular flexibility index (Phi) is 5.69. The van der Waals surface area contributed by atoms with Crippen LogP contribution >= 0.6 is 11.3 Å². The molecule has 0 saturated heterocycles. The van der Waals surface area contributed by atoms with Crippen LogP contribution in [0.4, 0.5) is 0 Å². The molecule has 0 aromatic carbocycles. The second-order valence-corrected chi connectivity index (χ2v) is 8.06. The number of aliphatic hydroxyl groups excluding tert-OH is 1. The highest BCUT2D eigenvalue weighted by molar-refractivity contribution is 7.91. The lowest BCUT2D eigenvalue weighted by Gasteiger charge is -2.13. The number of hydrogen-bond acceptors (Lipinski definition) is 5. The van der Waals surface area contributed by atoms with Gasteiger partial charge in [0.1, 0.15) is 9.09 Å². The van der Waals surface area contributed by atoms with Gasteiger partial charge in [-0.25, -0.2) is 17.9 Å². The molecule has 1 aromatic heterocycles. The molecule has 0 spiro atoms. The predicted octanol–water partition coefficient (Wildman–Crippen LogP) is 1.44. The molecule has 1 aromatic rings. The summed E-state index contributed by atoms with van der Waals surface area (Å²) in [6.07, 6.45) is -0.267. The van der Waals surface area contributed by atoms with Gasteiger partial charge in [0.15, 0.2) is 0 Å². The molecule has 0 aliphatic carbocycles. The molecule has 8 heteroatoms. The van der Waals surface area contributed by atoms with E-state index in [1.54, 1.807) is 6.92 Å². The van der Waals surface area contributed by atoms with Gasteiger partial charge in [0.05, 0.1) is 6.10 Å². The molecule has 1 atom stereocenters. The molecule has 114 valence electrons. The Hall–Kier alpha value is -0.960. The third kappa shape index (κ3) is 4.55. The summed E-state index contributed by atoms with van der Waals surface area (Å²) in [5.74, 6) is -0.883. The monoisotopic (exact) mass is 321 g/mol. The van der Waals surface area contributed by atoms with Gasteiger partial charge >= 0.3 is 5.97 Å². The van der Waals surface area contributed by atoms with Gasteiger partial charge in [0, 0.05) is 6.54 Å². The lowest BCUT2D eigenvalue weighted by molar-refractivity contribution is 0.0701. The minimum atomic E-state index is -3.78. The Morgan fingerprint density at radius 2 is 2.05 bits per heavy atom. The van der Waals surface area contributed by atoms with Crippen molar-refractivity contribution >= 4 is 27.3 Å². The molecule has 0 fully saturated rings. The molecule has 0 radical (unpaired) electrons. The van der Waals surface area contributed by atoms with Crippen molar-refractivity contribution in [1.82, 2.24) is 4.72 Å². The minimum absolute atomic E-state index is 0.00750. The first-order valence-electron chi connectivity index (χ1n) is 6.15. The molecule has 0 saturated carbocycles. The number of aliphatic hydroxyl groups is 1. The smallest absolute Gasteiger partial charge is 0.346 e. The number of nitrogens with one attached hydrogen (secondary N) is 1. The highest BCUT2D eigenvalue weighted by Crippen LogP contribution is 2.25. The first kappa shape index (κ1) is 17.1. The molecule has 1 heterocycles. The highest BCUT2D eigenvalue weighted by atomic mass is 32.2. The van der Waals surface area contributed by atoms with Crippen LogP contribution in [0.5, 0.6) is 0 Å². The third-order valence-electron chi connectivity index (χ3n) is 2.61. The maximum absolute atomic E-state index is 12.0. The fourth-order valence-electron chi connectivity index (χ4n) is 1.70. The van der Waals surface area contributed by atoms with E-state index in [0.717, 1.165) is 0 Å². The average Bonchev–Trinajstić information content (AvgIpc) is 2.69. The van der Waals surface area contributed by atoms with Gasteiger partial charge in [-0.05, 0) is 30.9 Å². The van der Waals surface area contributed by atoms with Gasteiger partial charge in [0.25, 0.3) is 0 Å². The minimum Gasteiger partial charge on any atom is -0.477 e. The van der Waals surface area contributed by atoms with Gasteiger partial charge in [-0.1, -0.05) is 13.8 Å². The van der Waals surface area contributed by atoms with Gasteiger partial charge in [-0.15, -0.1) is 11.3 Å². The van der Waals surface area contributed by atoms with Crippen LogP contribution in [0, 0.1) is 12.8 Å². The van der Waals surface area contributed by atoms with Gasteiger partial charge in [0.2, 0.25) is 10.0 Å². The average molecular weight is 321 g/mol. The number of carboxylic acid groups (broad SMARTS) is 1. The zero-order chi connectivity index (χ0) is 15.5. The van der Waals surface area contributed by atoms with Crippen LogP contribution in [-0.4, -0.2) is 37.2 Å². The van der Waals surface area contributed by atoms with Crippen LogP contribution < -0.4 is 4.72 Å². The van der Waals surface area contributed by atoms with Crippen molar-refractivity contribution in [2.75, 3.05) is 6.54 Å². The zero-order valence-electron chi connectivity index (χ0n) is 11.6. The predicted molar refractivity (Wildman–Crippen MR) is 76.7 cm³/mol. The van der Waals surface area contributed by atoms with Crippen molar-refractivity contribution in [3.05, 3.63) is 16.5 Å². The number of aromatic carboxylic acids is 1. The van der Waals surface area contributed by atoms with Crippen LogP contribution in [-0.2, 0) is 10.0 Å². The molecular formula is C12H19NO5S2. The maximum Gasteiger partial charge on any atom is 0.346 e. The van der Waals surface area contributed by atoms with Crippen molar-refractivity contribution in [3.63, 3.8) is 0 Å². The molecule has 3 N–H and O–H groups in total. The topological polar surface area (TPSA) is 104 Å². The SMILES string of the molecule is Cc1cc(S(=O)(=O)NCC(O)CC(C)C)sc1C(=O)O. The van der Waals surface area contributed by atoms with Crippen molar-refractivity contribution in [2.24, 2.45) is 5.92 Å². The van der Waals surface area contributed by atoms with E-state index < -0.39 is 22.1 Å². The van der Waals surface area contributed by atoms with Crippen molar-refractivity contribution in [1.29, 1.82) is 0 Å². The van der Waals surface area contributed by atoms with Crippen molar-refractivity contribution < 1.29 is 23.4 Å². The summed E-state index contributed by atoms with van der Waals surface area (Å²) in [5.41, 5.74) is 0.408. The molecule has 0 aliphatic rings. The summed E-state index contributed by atoms with van der Waals surface area (Å²) in [6, 6.07) is 1.32. The Morgan fingerprint density at radius 3 is 2.50 bits per heavy atom. The van der Waals surface area contributed by atoms with E-state index in [1.807, 2.05) is 13.8 Å². The Balaban J connectivity index is 2.79. The second-order valence-electron chi connectivity index (χ2n) is 5.02. The van der Waals surface area contributed by atoms with Crippen LogP contribution in [0.25, 0.3) is 0 Å². The van der Waals surface area contributed by atoms with E-state index in [1.165, 1.54) is 6.07 Å². The van der Waals surface area contributed by atoms with Gasteiger partial charge in [-0.2, -0.15) is 0 Å². The first-order chi connectivity index (χ1) is 9.13. The zero-order valence-corrected chi connectivity index (χ0v) is 13.2. The van der Waals surface area contributed by atoms with Crippen LogP contribution in [0.2, 0.25) is 0 Å². The van der Waals surface area contributed by atoms with E-state index in [0.29, 0.717) is 23.3 Å². The lowest BCUT2D eigenvalue weighted by Crippen LogP contribution is -2.32. The summed E-state index contributed by atoms with van der Waals surface area (Å²) >= 11 is 0.708. The van der Waals surface area contributed by atoms with E-state index in [9.17, 15) is 18.3 Å². The molecule has 1 rings (SSSR count). The summed E-state index contributed by atoms with van der Waals surface area (Å²) in [5, 5.41) is 18.6. The Morgan fingerprint density at radius 1 is 1.45 bits per heavy atom. The van der Waals surface area contributed by atoms with Gasteiger partial charge in [-0.3, -0.25) is 0 Å². The van der Waals surface area contributed by atoms with E-state index >= 15 is 0 Å². The fraction of sp³-hybridized carbons (Fsp3) is 0.583. The number of carboxylic acids is 1. The molecular weight excluding hydrogens is 302 g/mol. The van der Waals surface area contributed by atoms with Gasteiger partial charge < -0.3 is 10.2 Å². The Labute approximate surface area is 122 Å². The number of rotatable bonds is 7. The summed E-state index contributed by atoms with van der Waals surface area (Å²) < 4.78 is 26.3. The number of aryl methyl sites for hydroxylation is 1. The van der Waals surface area contributed by atoms with E-state index in [4.69, 9.17) is 5.11 Å². The second kappa shape index (κ2) is 6.66. The molecule has 20 heavy (non-hydrogen) atoms. The number of thiophene rings is 1. The highest BCUT2D eigenvalue weighted by Gasteiger charge is 2.22. The third-order valence-corrected chi connectivity index (χ3v) is 5.73. The summed E-state index contributed by atoms with van der Waals surface area (Å²) in [4.78, 5) is 10.9. The number of sulfonamides is 1. The fourth-order valence-corrected chi connectivity index (χ4v) is 4.20. The van der Waals surface area contributed by atoms with Crippen LogP contribution in [0.1, 0.15) is 35.5 Å². The molecule has 1 unspecified atom stereocenters. The number of hydrogen-bond donors (Lipinski definition) is 3. The van der Waals surface area contributed by atoms with Crippen LogP contribution in [0.15, 0.2) is 10.3 Å². The lowest BCUT2D eigenvalue weighted by atomic mass is 10.1. The standard InChI is InChI=1S/C12H19NO5S2/c1-7(2)4-9(14)6-13-20(17,18)10-5-8(3)11(19-10)12(15)16/h5,7,9,13-14H,4,6H2,1-3H3,(H,15,16). The Bertz CT molecular complexity index is 577. The quantitative estimate of drug-likeness (QED) is 0.705.